The van der Waals surface area contributed by atoms with E-state index in [0.29, 0.717) is 36.8 Å². The summed E-state index contributed by atoms with van der Waals surface area (Å²) in [6.45, 7) is 9.09. The number of hydrogen-bond acceptors (Lipinski definition) is 6. The quantitative estimate of drug-likeness (QED) is 0.272. The highest BCUT2D eigenvalue weighted by molar-refractivity contribution is 5.86. The molecule has 1 heterocycles. The van der Waals surface area contributed by atoms with E-state index in [1.165, 1.54) is 5.56 Å². The van der Waals surface area contributed by atoms with Crippen molar-refractivity contribution < 1.29 is 34.0 Å². The van der Waals surface area contributed by atoms with Crippen LogP contribution in [0.4, 0.5) is 4.79 Å². The van der Waals surface area contributed by atoms with Crippen LogP contribution in [0, 0.1) is 0 Å². The average molecular weight is 557 g/mol. The first kappa shape index (κ1) is 31.2. The normalized spacial score (nSPS) is 16.0. The third-order valence-corrected chi connectivity index (χ3v) is 7.41. The number of amides is 2. The molecule has 1 unspecified atom stereocenters. The molecule has 2 atom stereocenters. The van der Waals surface area contributed by atoms with Crippen LogP contribution in [-0.4, -0.2) is 65.6 Å². The Labute approximate surface area is 237 Å². The number of unbranched alkanes of at least 4 members (excludes halogenated alkanes) is 1. The van der Waals surface area contributed by atoms with Crippen molar-refractivity contribution in [2.24, 2.45) is 0 Å². The number of nitrogens with zero attached hydrogens (tertiary/aromatic N) is 1. The zero-order chi connectivity index (χ0) is 29.1. The number of carbonyl (C=O) groups excluding carboxylic acids is 1. The minimum absolute atomic E-state index is 0.205. The lowest BCUT2D eigenvalue weighted by molar-refractivity contribution is -0.148. The number of aliphatic carboxylic acids is 1. The van der Waals surface area contributed by atoms with Crippen molar-refractivity contribution >= 4 is 12.0 Å². The Balaban J connectivity index is 1.91. The van der Waals surface area contributed by atoms with Gasteiger partial charge >= 0.3 is 12.0 Å². The minimum Gasteiger partial charge on any atom is -0.493 e. The zero-order valence-electron chi connectivity index (χ0n) is 24.2. The van der Waals surface area contributed by atoms with E-state index in [0.717, 1.165) is 24.8 Å². The first-order valence-corrected chi connectivity index (χ1v) is 14.3. The highest BCUT2D eigenvalue weighted by atomic mass is 16.5. The number of rotatable bonds is 14. The summed E-state index contributed by atoms with van der Waals surface area (Å²) in [5, 5.41) is 23.4. The molecule has 2 amide bonds. The Kier molecular flexibility index (Phi) is 11.6. The zero-order valence-corrected chi connectivity index (χ0v) is 24.2. The Morgan fingerprint density at radius 3 is 2.15 bits per heavy atom. The molecule has 0 aromatic heterocycles. The van der Waals surface area contributed by atoms with Gasteiger partial charge in [0.2, 0.25) is 0 Å². The largest absolute Gasteiger partial charge is 0.493 e. The fourth-order valence-electron chi connectivity index (χ4n) is 5.12. The minimum atomic E-state index is -1.37. The highest BCUT2D eigenvalue weighted by Crippen LogP contribution is 2.39. The van der Waals surface area contributed by atoms with Crippen LogP contribution in [0.2, 0.25) is 0 Å². The number of benzene rings is 2. The molecule has 9 nitrogen and oxygen atoms in total. The molecule has 2 aromatic carbocycles. The molecule has 0 bridgehead atoms. The van der Waals surface area contributed by atoms with Gasteiger partial charge in [-0.1, -0.05) is 30.3 Å². The molecule has 0 aliphatic carbocycles. The van der Waals surface area contributed by atoms with Gasteiger partial charge < -0.3 is 34.6 Å². The Bertz CT molecular complexity index is 1070. The number of hydrogen-bond donors (Lipinski definition) is 3. The summed E-state index contributed by atoms with van der Waals surface area (Å²) in [6.07, 6.45) is 2.08. The molecule has 1 aliphatic heterocycles. The second-order valence-corrected chi connectivity index (χ2v) is 10.2. The van der Waals surface area contributed by atoms with E-state index in [4.69, 9.17) is 14.2 Å². The number of aliphatic hydroxyl groups excluding tert-OH is 1. The number of carbonyl (C=O) groups is 2. The van der Waals surface area contributed by atoms with Crippen LogP contribution in [0.25, 0.3) is 0 Å². The van der Waals surface area contributed by atoms with Gasteiger partial charge in [0.15, 0.2) is 0 Å². The second kappa shape index (κ2) is 14.9. The maximum Gasteiger partial charge on any atom is 0.329 e. The maximum absolute atomic E-state index is 13.8. The third kappa shape index (κ3) is 7.88. The van der Waals surface area contributed by atoms with Crippen LogP contribution >= 0.6 is 0 Å². The van der Waals surface area contributed by atoms with E-state index in [1.807, 2.05) is 51.1 Å². The molecule has 40 heavy (non-hydrogen) atoms. The molecule has 1 aliphatic rings. The van der Waals surface area contributed by atoms with Gasteiger partial charge in [-0.05, 0) is 70.2 Å². The van der Waals surface area contributed by atoms with Crippen LogP contribution in [-0.2, 0) is 16.0 Å². The summed E-state index contributed by atoms with van der Waals surface area (Å²) in [5.41, 5.74) is 1.19. The van der Waals surface area contributed by atoms with Crippen LogP contribution in [0.1, 0.15) is 82.2 Å². The number of aryl methyl sites for hydroxylation is 1. The SMILES string of the molecule is CCOc1cc([C@@H](C)N(CCCCc2ccccc2)C(=O)NC2(C(=O)O)CCOCC2)cc(OCC)c1C(C)O. The summed E-state index contributed by atoms with van der Waals surface area (Å²) in [7, 11) is 0. The lowest BCUT2D eigenvalue weighted by atomic mass is 9.90. The van der Waals surface area contributed by atoms with Gasteiger partial charge in [0.25, 0.3) is 0 Å². The van der Waals surface area contributed by atoms with E-state index in [-0.39, 0.29) is 26.1 Å². The average Bonchev–Trinajstić information content (AvgIpc) is 2.93. The van der Waals surface area contributed by atoms with Crippen molar-refractivity contribution in [1.29, 1.82) is 0 Å². The van der Waals surface area contributed by atoms with Crippen molar-refractivity contribution in [3.05, 3.63) is 59.2 Å². The van der Waals surface area contributed by atoms with Crippen molar-refractivity contribution in [3.63, 3.8) is 0 Å². The molecule has 0 saturated carbocycles. The molecule has 3 N–H and O–H groups in total. The monoisotopic (exact) mass is 556 g/mol. The summed E-state index contributed by atoms with van der Waals surface area (Å²) in [6, 6.07) is 13.0. The molecule has 0 radical (unpaired) electrons. The third-order valence-electron chi connectivity index (χ3n) is 7.41. The van der Waals surface area contributed by atoms with Crippen molar-refractivity contribution in [2.75, 3.05) is 33.0 Å². The Morgan fingerprint density at radius 2 is 1.62 bits per heavy atom. The molecule has 0 spiro atoms. The number of aliphatic hydroxyl groups is 1. The summed E-state index contributed by atoms with van der Waals surface area (Å²) < 4.78 is 17.1. The maximum atomic E-state index is 13.8. The summed E-state index contributed by atoms with van der Waals surface area (Å²) in [4.78, 5) is 27.8. The van der Waals surface area contributed by atoms with Gasteiger partial charge in [-0.25, -0.2) is 9.59 Å². The van der Waals surface area contributed by atoms with Crippen molar-refractivity contribution in [1.82, 2.24) is 10.2 Å². The smallest absolute Gasteiger partial charge is 0.329 e. The standard InChI is InChI=1S/C31H44N2O7/c1-5-39-26-20-25(21-27(40-6-2)28(26)23(4)34)22(3)33(17-11-10-14-24-12-8-7-9-13-24)30(37)32-31(29(35)36)15-18-38-19-16-31/h7-9,12-13,20-23,34H,5-6,10-11,14-19H2,1-4H3,(H,32,37)(H,35,36)/t22-,23?/m1/s1. The number of urea groups is 1. The topological polar surface area (TPSA) is 118 Å². The molecule has 9 heteroatoms. The van der Waals surface area contributed by atoms with Gasteiger partial charge in [-0.15, -0.1) is 0 Å². The lowest BCUT2D eigenvalue weighted by Gasteiger charge is -2.38. The predicted octanol–water partition coefficient (Wildman–Crippen LogP) is 5.27. The van der Waals surface area contributed by atoms with Gasteiger partial charge in [0.05, 0.1) is 30.9 Å². The first-order valence-electron chi connectivity index (χ1n) is 14.3. The van der Waals surface area contributed by atoms with Crippen molar-refractivity contribution in [2.45, 2.75) is 77.5 Å². The lowest BCUT2D eigenvalue weighted by Crippen LogP contribution is -2.60. The summed E-state index contributed by atoms with van der Waals surface area (Å²) in [5.74, 6) is -0.0540. The van der Waals surface area contributed by atoms with Gasteiger partial charge in [0, 0.05) is 32.6 Å². The molecule has 2 aromatic rings. The van der Waals surface area contributed by atoms with Crippen LogP contribution < -0.4 is 14.8 Å². The number of ether oxygens (including phenoxy) is 3. The Hall–Kier alpha value is -3.30. The molecular weight excluding hydrogens is 512 g/mol. The predicted molar refractivity (Wildman–Crippen MR) is 153 cm³/mol. The number of carboxylic acids is 1. The molecule has 1 saturated heterocycles. The number of nitrogens with one attached hydrogen (secondary N) is 1. The van der Waals surface area contributed by atoms with Gasteiger partial charge in [0.1, 0.15) is 17.0 Å². The fourth-order valence-corrected chi connectivity index (χ4v) is 5.12. The van der Waals surface area contributed by atoms with E-state index >= 15 is 0 Å². The van der Waals surface area contributed by atoms with E-state index in [1.54, 1.807) is 11.8 Å². The molecular formula is C31H44N2O7. The van der Waals surface area contributed by atoms with E-state index in [2.05, 4.69) is 17.4 Å². The fraction of sp³-hybridized carbons (Fsp3) is 0.548. The Morgan fingerprint density at radius 1 is 1.02 bits per heavy atom. The van der Waals surface area contributed by atoms with Crippen LogP contribution in [0.15, 0.2) is 42.5 Å². The molecule has 1 fully saturated rings. The van der Waals surface area contributed by atoms with E-state index in [9.17, 15) is 19.8 Å². The second-order valence-electron chi connectivity index (χ2n) is 10.2. The summed E-state index contributed by atoms with van der Waals surface area (Å²) >= 11 is 0. The molecule has 220 valence electrons. The highest BCUT2D eigenvalue weighted by Gasteiger charge is 2.43. The number of carboxylic acid groups (broad SMARTS) is 1. The van der Waals surface area contributed by atoms with E-state index < -0.39 is 29.7 Å². The van der Waals surface area contributed by atoms with Crippen molar-refractivity contribution in [3.8, 4) is 11.5 Å². The first-order chi connectivity index (χ1) is 19.2. The molecule has 3 rings (SSSR count). The van der Waals surface area contributed by atoms with Gasteiger partial charge in [-0.2, -0.15) is 0 Å². The van der Waals surface area contributed by atoms with Crippen LogP contribution in [0.5, 0.6) is 11.5 Å². The van der Waals surface area contributed by atoms with Gasteiger partial charge in [-0.3, -0.25) is 0 Å². The van der Waals surface area contributed by atoms with Crippen LogP contribution in [0.3, 0.4) is 0 Å².